The quantitative estimate of drug-likeness (QED) is 0.678. The maximum absolute atomic E-state index is 11.4. The van der Waals surface area contributed by atoms with E-state index in [1.165, 1.54) is 6.20 Å². The Kier molecular flexibility index (Phi) is 6.45. The molecule has 2 heterocycles. The maximum atomic E-state index is 11.4. The van der Waals surface area contributed by atoms with Crippen LogP contribution in [-0.2, 0) is 0 Å². The topological polar surface area (TPSA) is 85.5 Å². The zero-order valence-corrected chi connectivity index (χ0v) is 16.5. The highest BCUT2D eigenvalue weighted by Gasteiger charge is 2.21. The molecule has 1 aliphatic heterocycles. The van der Waals surface area contributed by atoms with E-state index in [1.807, 2.05) is 18.2 Å². The van der Waals surface area contributed by atoms with Gasteiger partial charge in [-0.15, -0.1) is 0 Å². The third-order valence-corrected chi connectivity index (χ3v) is 5.58. The lowest BCUT2D eigenvalue weighted by atomic mass is 9.93. The van der Waals surface area contributed by atoms with Crippen molar-refractivity contribution in [1.29, 1.82) is 0 Å². The Morgan fingerprint density at radius 2 is 2.07 bits per heavy atom. The zero-order chi connectivity index (χ0) is 19.2. The van der Waals surface area contributed by atoms with E-state index in [9.17, 15) is 9.59 Å². The summed E-state index contributed by atoms with van der Waals surface area (Å²) >= 11 is 3.45. The number of carbonyl (C=O) groups excluding carboxylic acids is 2. The van der Waals surface area contributed by atoms with Crippen LogP contribution in [0.1, 0.15) is 40.1 Å². The molecule has 1 aromatic carbocycles. The number of carbonyl (C=O) groups is 2. The predicted molar refractivity (Wildman–Crippen MR) is 107 cm³/mol. The van der Waals surface area contributed by atoms with Crippen molar-refractivity contribution in [2.24, 2.45) is 11.7 Å². The molecule has 0 unspecified atom stereocenters. The minimum absolute atomic E-state index is 0.233. The van der Waals surface area contributed by atoms with Crippen LogP contribution >= 0.6 is 15.9 Å². The number of ether oxygens (including phenoxy) is 1. The van der Waals surface area contributed by atoms with Crippen LogP contribution in [0.2, 0.25) is 0 Å². The summed E-state index contributed by atoms with van der Waals surface area (Å²) in [5.41, 5.74) is 7.12. The molecule has 1 amide bonds. The van der Waals surface area contributed by atoms with Gasteiger partial charge in [0.25, 0.3) is 5.91 Å². The number of anilines is 1. The fraction of sp³-hybridized carbons (Fsp3) is 0.350. The monoisotopic (exact) mass is 431 g/mol. The van der Waals surface area contributed by atoms with Crippen molar-refractivity contribution in [2.75, 3.05) is 24.6 Å². The van der Waals surface area contributed by atoms with Crippen molar-refractivity contribution in [3.63, 3.8) is 0 Å². The van der Waals surface area contributed by atoms with E-state index in [2.05, 4.69) is 25.8 Å². The molecule has 142 valence electrons. The highest BCUT2D eigenvalue weighted by Crippen LogP contribution is 2.30. The van der Waals surface area contributed by atoms with Crippen LogP contribution in [0.4, 0.5) is 5.69 Å². The number of amides is 1. The molecule has 0 aliphatic carbocycles. The molecule has 2 aromatic rings. The minimum atomic E-state index is -0.545. The Balaban J connectivity index is 1.47. The van der Waals surface area contributed by atoms with E-state index >= 15 is 0 Å². The van der Waals surface area contributed by atoms with Gasteiger partial charge in [-0.3, -0.25) is 9.59 Å². The number of pyridine rings is 1. The third kappa shape index (κ3) is 4.86. The number of halogens is 1. The van der Waals surface area contributed by atoms with Crippen LogP contribution in [0.5, 0.6) is 5.75 Å². The van der Waals surface area contributed by atoms with Gasteiger partial charge in [-0.05, 0) is 65.4 Å². The van der Waals surface area contributed by atoms with Crippen molar-refractivity contribution >= 4 is 33.8 Å². The fourth-order valence-corrected chi connectivity index (χ4v) is 3.78. The largest absolute Gasteiger partial charge is 0.492 e. The Morgan fingerprint density at radius 1 is 1.30 bits per heavy atom. The van der Waals surface area contributed by atoms with Gasteiger partial charge in [-0.2, -0.15) is 0 Å². The Morgan fingerprint density at radius 3 is 2.70 bits per heavy atom. The fourth-order valence-electron chi connectivity index (χ4n) is 3.34. The summed E-state index contributed by atoms with van der Waals surface area (Å²) in [6, 6.07) is 9.13. The van der Waals surface area contributed by atoms with Crippen molar-refractivity contribution in [2.45, 2.75) is 19.3 Å². The number of hydrogen-bond acceptors (Lipinski definition) is 5. The first-order valence-electron chi connectivity index (χ1n) is 8.95. The van der Waals surface area contributed by atoms with Crippen molar-refractivity contribution in [3.8, 4) is 5.75 Å². The van der Waals surface area contributed by atoms with Gasteiger partial charge in [0.05, 0.1) is 18.4 Å². The molecule has 0 spiro atoms. The van der Waals surface area contributed by atoms with E-state index in [0.29, 0.717) is 23.8 Å². The summed E-state index contributed by atoms with van der Waals surface area (Å²) in [7, 11) is 0. The molecule has 0 bridgehead atoms. The average Bonchev–Trinajstić information content (AvgIpc) is 2.69. The van der Waals surface area contributed by atoms with Crippen molar-refractivity contribution in [1.82, 2.24) is 4.98 Å². The standard InChI is InChI=1S/C20H22BrN3O3/c21-17-2-1-3-19(16(17)13-25)24-9-6-14(7-10-24)8-11-27-15-4-5-18(20(22)26)23-12-15/h1-5,12-14H,6-11H2,(H2,22,26). The minimum Gasteiger partial charge on any atom is -0.492 e. The predicted octanol–water partition coefficient (Wildman–Crippen LogP) is 3.44. The summed E-state index contributed by atoms with van der Waals surface area (Å²) in [5.74, 6) is 0.685. The molecular formula is C20H22BrN3O3. The lowest BCUT2D eigenvalue weighted by Crippen LogP contribution is -2.34. The van der Waals surface area contributed by atoms with Gasteiger partial charge in [-0.25, -0.2) is 4.98 Å². The lowest BCUT2D eigenvalue weighted by molar-refractivity contribution is 0.0995. The molecule has 1 saturated heterocycles. The number of aromatic nitrogens is 1. The van der Waals surface area contributed by atoms with Gasteiger partial charge in [-0.1, -0.05) is 6.07 Å². The van der Waals surface area contributed by atoms with Gasteiger partial charge in [0, 0.05) is 23.2 Å². The van der Waals surface area contributed by atoms with Gasteiger partial charge in [0.2, 0.25) is 0 Å². The van der Waals surface area contributed by atoms with Gasteiger partial charge in [0.1, 0.15) is 11.4 Å². The Bertz CT molecular complexity index is 803. The van der Waals surface area contributed by atoms with Crippen LogP contribution in [0.3, 0.4) is 0 Å². The maximum Gasteiger partial charge on any atom is 0.267 e. The second-order valence-corrected chi connectivity index (χ2v) is 7.46. The number of nitrogens with two attached hydrogens (primary N) is 1. The molecule has 3 rings (SSSR count). The number of piperidine rings is 1. The molecule has 0 radical (unpaired) electrons. The normalized spacial score (nSPS) is 14.8. The Hall–Kier alpha value is -2.41. The number of primary amides is 1. The van der Waals surface area contributed by atoms with Crippen molar-refractivity contribution < 1.29 is 14.3 Å². The highest BCUT2D eigenvalue weighted by atomic mass is 79.9. The molecule has 2 N–H and O–H groups in total. The van der Waals surface area contributed by atoms with Crippen LogP contribution in [0.15, 0.2) is 41.0 Å². The Labute approximate surface area is 166 Å². The lowest BCUT2D eigenvalue weighted by Gasteiger charge is -2.34. The molecule has 1 aromatic heterocycles. The summed E-state index contributed by atoms with van der Waals surface area (Å²) in [5, 5.41) is 0. The van der Waals surface area contributed by atoms with Crippen LogP contribution < -0.4 is 15.4 Å². The summed E-state index contributed by atoms with van der Waals surface area (Å²) in [6.07, 6.45) is 5.53. The first-order chi connectivity index (χ1) is 13.1. The zero-order valence-electron chi connectivity index (χ0n) is 14.9. The van der Waals surface area contributed by atoms with Crippen LogP contribution in [0.25, 0.3) is 0 Å². The van der Waals surface area contributed by atoms with Crippen LogP contribution in [-0.4, -0.2) is 36.9 Å². The van der Waals surface area contributed by atoms with Gasteiger partial charge in [0.15, 0.2) is 6.29 Å². The third-order valence-electron chi connectivity index (χ3n) is 4.89. The van der Waals surface area contributed by atoms with E-state index < -0.39 is 5.91 Å². The summed E-state index contributed by atoms with van der Waals surface area (Å²) < 4.78 is 6.56. The first-order valence-corrected chi connectivity index (χ1v) is 9.75. The summed E-state index contributed by atoms with van der Waals surface area (Å²) in [6.45, 7) is 2.46. The van der Waals surface area contributed by atoms with Gasteiger partial charge >= 0.3 is 0 Å². The average molecular weight is 432 g/mol. The second-order valence-electron chi connectivity index (χ2n) is 6.60. The molecule has 7 heteroatoms. The molecule has 0 saturated carbocycles. The number of hydrogen-bond donors (Lipinski definition) is 1. The van der Waals surface area contributed by atoms with Crippen LogP contribution in [0, 0.1) is 5.92 Å². The molecule has 1 fully saturated rings. The number of benzene rings is 1. The SMILES string of the molecule is NC(=O)c1ccc(OCCC2CCN(c3cccc(Br)c3C=O)CC2)cn1. The van der Waals surface area contributed by atoms with Gasteiger partial charge < -0.3 is 15.4 Å². The molecule has 6 nitrogen and oxygen atoms in total. The molecular weight excluding hydrogens is 410 g/mol. The first kappa shape index (κ1) is 19.4. The summed E-state index contributed by atoms with van der Waals surface area (Å²) in [4.78, 5) is 28.6. The van der Waals surface area contributed by atoms with E-state index in [0.717, 1.165) is 48.8 Å². The van der Waals surface area contributed by atoms with E-state index in [1.54, 1.807) is 12.1 Å². The molecule has 27 heavy (non-hydrogen) atoms. The van der Waals surface area contributed by atoms with E-state index in [4.69, 9.17) is 10.5 Å². The van der Waals surface area contributed by atoms with Crippen molar-refractivity contribution in [3.05, 3.63) is 52.3 Å². The molecule has 0 atom stereocenters. The number of rotatable bonds is 7. The number of aldehydes is 1. The number of nitrogens with zero attached hydrogens (tertiary/aromatic N) is 2. The highest BCUT2D eigenvalue weighted by molar-refractivity contribution is 9.10. The smallest absolute Gasteiger partial charge is 0.267 e. The second kappa shape index (κ2) is 8.99. The van der Waals surface area contributed by atoms with E-state index in [-0.39, 0.29) is 5.69 Å². The molecule has 1 aliphatic rings.